The summed E-state index contributed by atoms with van der Waals surface area (Å²) in [7, 11) is 5.74. The van der Waals surface area contributed by atoms with Crippen molar-refractivity contribution >= 4 is 17.7 Å². The normalized spacial score (nSPS) is 17.9. The molecule has 0 spiro atoms. The molecule has 1 aliphatic rings. The molecule has 1 saturated heterocycles. The van der Waals surface area contributed by atoms with Crippen molar-refractivity contribution in [2.75, 3.05) is 46.7 Å². The summed E-state index contributed by atoms with van der Waals surface area (Å²) in [6.45, 7) is 4.30. The third-order valence-corrected chi connectivity index (χ3v) is 5.00. The molecule has 1 aromatic rings. The van der Waals surface area contributed by atoms with E-state index < -0.39 is 0 Å². The molecule has 1 aliphatic heterocycles. The van der Waals surface area contributed by atoms with Gasteiger partial charge in [-0.25, -0.2) is 0 Å². The molecule has 1 atom stereocenters. The van der Waals surface area contributed by atoms with E-state index in [4.69, 9.17) is 9.47 Å². The van der Waals surface area contributed by atoms with Gasteiger partial charge in [-0.15, -0.1) is 11.8 Å². The number of ether oxygens (including phenoxy) is 2. The van der Waals surface area contributed by atoms with Crippen LogP contribution in [0.3, 0.4) is 0 Å². The monoisotopic (exact) mass is 338 g/mol. The highest BCUT2D eigenvalue weighted by Gasteiger charge is 2.32. The van der Waals surface area contributed by atoms with Gasteiger partial charge in [0.1, 0.15) is 5.37 Å². The molecule has 0 aromatic heterocycles. The van der Waals surface area contributed by atoms with Crippen molar-refractivity contribution in [3.8, 4) is 11.5 Å². The van der Waals surface area contributed by atoms with Crippen LogP contribution in [0.25, 0.3) is 0 Å². The van der Waals surface area contributed by atoms with Gasteiger partial charge in [0.2, 0.25) is 5.91 Å². The Morgan fingerprint density at radius 1 is 1.35 bits per heavy atom. The minimum atomic E-state index is 0.0646. The highest BCUT2D eigenvalue weighted by Crippen LogP contribution is 2.41. The van der Waals surface area contributed by atoms with Gasteiger partial charge in [-0.2, -0.15) is 0 Å². The first-order chi connectivity index (χ1) is 11.1. The van der Waals surface area contributed by atoms with Crippen LogP contribution in [0.5, 0.6) is 11.5 Å². The number of carbonyl (C=O) groups is 1. The fourth-order valence-corrected chi connectivity index (χ4v) is 3.85. The largest absolute Gasteiger partial charge is 0.493 e. The Labute approximate surface area is 142 Å². The SMILES string of the molecule is CCOc1cc(C2SCC(=O)N2CCCN(C)C)ccc1OC. The van der Waals surface area contributed by atoms with Gasteiger partial charge in [0.15, 0.2) is 11.5 Å². The molecule has 0 saturated carbocycles. The number of methoxy groups -OCH3 is 1. The van der Waals surface area contributed by atoms with Gasteiger partial charge in [0, 0.05) is 6.54 Å². The number of carbonyl (C=O) groups excluding carboxylic acids is 1. The number of amides is 1. The van der Waals surface area contributed by atoms with Crippen molar-refractivity contribution in [3.63, 3.8) is 0 Å². The third kappa shape index (κ3) is 4.54. The fraction of sp³-hybridized carbons (Fsp3) is 0.588. The number of hydrogen-bond donors (Lipinski definition) is 0. The Morgan fingerprint density at radius 2 is 2.13 bits per heavy atom. The zero-order chi connectivity index (χ0) is 16.8. The summed E-state index contributed by atoms with van der Waals surface area (Å²) in [4.78, 5) is 16.3. The molecule has 1 fully saturated rings. The van der Waals surface area contributed by atoms with Crippen LogP contribution in [0, 0.1) is 0 Å². The summed E-state index contributed by atoms with van der Waals surface area (Å²) < 4.78 is 11.0. The van der Waals surface area contributed by atoms with Gasteiger partial charge in [0.25, 0.3) is 0 Å². The zero-order valence-electron chi connectivity index (χ0n) is 14.4. The van der Waals surface area contributed by atoms with E-state index in [0.717, 1.165) is 36.6 Å². The van der Waals surface area contributed by atoms with Gasteiger partial charge in [0.05, 0.1) is 19.5 Å². The van der Waals surface area contributed by atoms with E-state index in [2.05, 4.69) is 19.0 Å². The molecule has 0 bridgehead atoms. The zero-order valence-corrected chi connectivity index (χ0v) is 15.2. The van der Waals surface area contributed by atoms with Gasteiger partial charge in [-0.1, -0.05) is 6.07 Å². The molecule has 5 nitrogen and oxygen atoms in total. The van der Waals surface area contributed by atoms with E-state index in [1.807, 2.05) is 30.0 Å². The molecule has 128 valence electrons. The van der Waals surface area contributed by atoms with E-state index in [1.165, 1.54) is 0 Å². The van der Waals surface area contributed by atoms with Crippen molar-refractivity contribution in [2.45, 2.75) is 18.7 Å². The standard InChI is InChI=1S/C17H26N2O3S/c1-5-22-15-11-13(7-8-14(15)21-4)17-19(16(20)12-23-17)10-6-9-18(2)3/h7-8,11,17H,5-6,9-10,12H2,1-4H3. The number of rotatable bonds is 8. The molecule has 23 heavy (non-hydrogen) atoms. The Hall–Kier alpha value is -1.40. The maximum Gasteiger partial charge on any atom is 0.233 e. The lowest BCUT2D eigenvalue weighted by molar-refractivity contribution is -0.128. The van der Waals surface area contributed by atoms with Crippen LogP contribution in [-0.4, -0.2) is 62.4 Å². The number of hydrogen-bond acceptors (Lipinski definition) is 5. The molecule has 1 heterocycles. The van der Waals surface area contributed by atoms with Crippen molar-refractivity contribution in [1.82, 2.24) is 9.80 Å². The highest BCUT2D eigenvalue weighted by atomic mass is 32.2. The second-order valence-corrected chi connectivity index (χ2v) is 6.82. The predicted octanol–water partition coefficient (Wildman–Crippen LogP) is 2.62. The summed E-state index contributed by atoms with van der Waals surface area (Å²) in [5, 5.41) is 0.0646. The average Bonchev–Trinajstić information content (AvgIpc) is 2.88. The second-order valence-electron chi connectivity index (χ2n) is 5.75. The summed E-state index contributed by atoms with van der Waals surface area (Å²) in [6, 6.07) is 5.94. The molecule has 6 heteroatoms. The quantitative estimate of drug-likeness (QED) is 0.729. The number of thioether (sulfide) groups is 1. The van der Waals surface area contributed by atoms with Crippen LogP contribution in [0.15, 0.2) is 18.2 Å². The maximum absolute atomic E-state index is 12.2. The number of nitrogens with zero attached hydrogens (tertiary/aromatic N) is 2. The summed E-state index contributed by atoms with van der Waals surface area (Å²) in [5.74, 6) is 2.22. The molecule has 1 unspecified atom stereocenters. The first-order valence-electron chi connectivity index (χ1n) is 7.93. The van der Waals surface area contributed by atoms with Crippen LogP contribution < -0.4 is 9.47 Å². The highest BCUT2D eigenvalue weighted by molar-refractivity contribution is 8.00. The Kier molecular flexibility index (Phi) is 6.59. The number of benzene rings is 1. The lowest BCUT2D eigenvalue weighted by Gasteiger charge is -2.25. The fourth-order valence-electron chi connectivity index (χ4n) is 2.64. The van der Waals surface area contributed by atoms with E-state index in [0.29, 0.717) is 12.4 Å². The van der Waals surface area contributed by atoms with Crippen LogP contribution in [-0.2, 0) is 4.79 Å². The minimum Gasteiger partial charge on any atom is -0.493 e. The second kappa shape index (κ2) is 8.45. The van der Waals surface area contributed by atoms with Crippen LogP contribution >= 0.6 is 11.8 Å². The smallest absolute Gasteiger partial charge is 0.233 e. The van der Waals surface area contributed by atoms with E-state index >= 15 is 0 Å². The van der Waals surface area contributed by atoms with Gasteiger partial charge >= 0.3 is 0 Å². The average molecular weight is 338 g/mol. The van der Waals surface area contributed by atoms with Crippen LogP contribution in [0.2, 0.25) is 0 Å². The Bertz CT molecular complexity index is 537. The lowest BCUT2D eigenvalue weighted by atomic mass is 10.1. The van der Waals surface area contributed by atoms with E-state index in [1.54, 1.807) is 18.9 Å². The maximum atomic E-state index is 12.2. The van der Waals surface area contributed by atoms with Gasteiger partial charge in [-0.3, -0.25) is 4.79 Å². The molecule has 2 rings (SSSR count). The van der Waals surface area contributed by atoms with Crippen molar-refractivity contribution < 1.29 is 14.3 Å². The topological polar surface area (TPSA) is 42.0 Å². The van der Waals surface area contributed by atoms with Crippen LogP contribution in [0.1, 0.15) is 24.3 Å². The molecule has 0 N–H and O–H groups in total. The molecular weight excluding hydrogens is 312 g/mol. The van der Waals surface area contributed by atoms with E-state index in [9.17, 15) is 4.79 Å². The molecule has 1 amide bonds. The van der Waals surface area contributed by atoms with Crippen molar-refractivity contribution in [2.24, 2.45) is 0 Å². The Balaban J connectivity index is 2.14. The summed E-state index contributed by atoms with van der Waals surface area (Å²) >= 11 is 1.68. The summed E-state index contributed by atoms with van der Waals surface area (Å²) in [5.41, 5.74) is 1.09. The van der Waals surface area contributed by atoms with Gasteiger partial charge in [-0.05, 0) is 51.7 Å². The minimum absolute atomic E-state index is 0.0646. The molecular formula is C17H26N2O3S. The molecule has 0 aliphatic carbocycles. The molecule has 1 aromatic carbocycles. The Morgan fingerprint density at radius 3 is 2.78 bits per heavy atom. The first-order valence-corrected chi connectivity index (χ1v) is 8.98. The lowest BCUT2D eigenvalue weighted by Crippen LogP contribution is -2.31. The van der Waals surface area contributed by atoms with E-state index in [-0.39, 0.29) is 11.3 Å². The van der Waals surface area contributed by atoms with Gasteiger partial charge < -0.3 is 19.3 Å². The predicted molar refractivity (Wildman–Crippen MR) is 94.2 cm³/mol. The third-order valence-electron chi connectivity index (χ3n) is 3.75. The summed E-state index contributed by atoms with van der Waals surface area (Å²) in [6.07, 6.45) is 0.976. The van der Waals surface area contributed by atoms with Crippen molar-refractivity contribution in [1.29, 1.82) is 0 Å². The van der Waals surface area contributed by atoms with Crippen molar-refractivity contribution in [3.05, 3.63) is 23.8 Å². The first kappa shape index (κ1) is 17.9. The van der Waals surface area contributed by atoms with Crippen LogP contribution in [0.4, 0.5) is 0 Å². The molecule has 0 radical (unpaired) electrons.